The Labute approximate surface area is 266 Å². The number of nitrogen functional groups attached to an aromatic ring is 2. The Morgan fingerprint density at radius 2 is 1.33 bits per heavy atom. The van der Waals surface area contributed by atoms with Gasteiger partial charge in [0.05, 0.1) is 38.0 Å². The second kappa shape index (κ2) is 11.4. The number of nitrogens with one attached hydrogen (secondary N) is 2. The Bertz CT molecular complexity index is 1910. The molecule has 46 heavy (non-hydrogen) atoms. The molecule has 0 saturated carbocycles. The van der Waals surface area contributed by atoms with E-state index in [1.165, 1.54) is 21.8 Å². The average Bonchev–Trinajstić information content (AvgIpc) is 3.72. The minimum Gasteiger partial charge on any atom is -0.369 e. The van der Waals surface area contributed by atoms with E-state index in [0.717, 1.165) is 0 Å². The zero-order valence-corrected chi connectivity index (χ0v) is 26.6. The van der Waals surface area contributed by atoms with Crippen LogP contribution in [0.1, 0.15) is 12.5 Å². The molecule has 0 aromatic carbocycles. The van der Waals surface area contributed by atoms with Crippen molar-refractivity contribution in [3.63, 3.8) is 0 Å². The predicted molar refractivity (Wildman–Crippen MR) is 164 cm³/mol. The topological polar surface area (TPSA) is 324 Å². The van der Waals surface area contributed by atoms with E-state index in [2.05, 4.69) is 42.2 Å². The fourth-order valence-electron chi connectivity index (χ4n) is 5.52. The molecule has 3 saturated heterocycles. The molecule has 4 aromatic rings. The van der Waals surface area contributed by atoms with Gasteiger partial charge in [-0.25, -0.2) is 14.5 Å². The lowest BCUT2D eigenvalue weighted by atomic mass is 10.1. The zero-order valence-electron chi connectivity index (χ0n) is 23.1. The van der Waals surface area contributed by atoms with Crippen molar-refractivity contribution in [3.8, 4) is 0 Å². The SMILES string of the molecule is Nc1nc2c(ncn2[C@@H]2O[C@@H]3COP(O)(=S)OC4[C@@H](COP(=O)(S)OC3[C@@H]2N)O[C@@H](n2cnc3c(=O)[nH]c(N)nc32)[C@H]4N)c(=O)[nH]1. The van der Waals surface area contributed by atoms with Gasteiger partial charge in [0, 0.05) is 0 Å². The van der Waals surface area contributed by atoms with Crippen molar-refractivity contribution in [2.45, 2.75) is 49.0 Å². The van der Waals surface area contributed by atoms with Crippen molar-refractivity contribution in [3.05, 3.63) is 33.4 Å². The molecule has 248 valence electrons. The summed E-state index contributed by atoms with van der Waals surface area (Å²) in [5.74, 6) is -0.348. The van der Waals surface area contributed by atoms with Gasteiger partial charge in [-0.2, -0.15) is 9.97 Å². The number of aromatic nitrogens is 8. The summed E-state index contributed by atoms with van der Waals surface area (Å²) < 4.78 is 51.2. The number of imidazole rings is 2. The molecule has 3 aliphatic rings. The quantitative estimate of drug-likeness (QED) is 0.0815. The van der Waals surface area contributed by atoms with Crippen molar-refractivity contribution in [1.29, 1.82) is 0 Å². The molecule has 26 heteroatoms. The average molecular weight is 721 g/mol. The first-order valence-corrected chi connectivity index (χ1v) is 18.6. The van der Waals surface area contributed by atoms with Gasteiger partial charge in [-0.3, -0.25) is 37.7 Å². The zero-order chi connectivity index (χ0) is 32.7. The molecule has 11 N–H and O–H groups in total. The van der Waals surface area contributed by atoms with Gasteiger partial charge in [0.15, 0.2) is 34.8 Å². The molecule has 3 aliphatic heterocycles. The van der Waals surface area contributed by atoms with Crippen molar-refractivity contribution >= 4 is 71.8 Å². The molecular formula is C20H26N12O10P2S2. The van der Waals surface area contributed by atoms with Crippen LogP contribution in [0.25, 0.3) is 22.3 Å². The summed E-state index contributed by atoms with van der Waals surface area (Å²) in [6.45, 7) is -9.28. The molecule has 22 nitrogen and oxygen atoms in total. The third kappa shape index (κ3) is 5.57. The third-order valence-electron chi connectivity index (χ3n) is 7.54. The van der Waals surface area contributed by atoms with Crippen molar-refractivity contribution in [1.82, 2.24) is 39.0 Å². The van der Waals surface area contributed by atoms with Crippen LogP contribution >= 0.6 is 25.8 Å². The van der Waals surface area contributed by atoms with E-state index >= 15 is 0 Å². The van der Waals surface area contributed by atoms with E-state index in [1.807, 2.05) is 0 Å². The number of hydrogen-bond acceptors (Lipinski definition) is 18. The minimum atomic E-state index is -4.23. The first kappa shape index (κ1) is 31.8. The smallest absolute Gasteiger partial charge is 0.369 e. The van der Waals surface area contributed by atoms with Gasteiger partial charge in [-0.1, -0.05) is 12.2 Å². The minimum absolute atomic E-state index is 0.0344. The van der Waals surface area contributed by atoms with Crippen LogP contribution in [0.3, 0.4) is 0 Å². The van der Waals surface area contributed by atoms with E-state index in [9.17, 15) is 19.0 Å². The number of aromatic amines is 2. The molecule has 0 radical (unpaired) electrons. The van der Waals surface area contributed by atoms with Crippen LogP contribution in [0.4, 0.5) is 11.9 Å². The summed E-state index contributed by atoms with van der Waals surface area (Å²) in [6, 6.07) is -2.18. The summed E-state index contributed by atoms with van der Waals surface area (Å²) in [5, 5.41) is 0. The maximum atomic E-state index is 13.5. The lowest BCUT2D eigenvalue weighted by molar-refractivity contribution is -0.0558. The molecule has 10 atom stereocenters. The third-order valence-corrected chi connectivity index (χ3v) is 10.7. The molecule has 0 spiro atoms. The molecule has 7 heterocycles. The fourth-order valence-corrected chi connectivity index (χ4v) is 8.49. The standard InChI is InChI=1S/C20H26N12O10P2S2/c21-7-11-5(39-17(7)31-3-25-9-13(31)27-19(23)29-15(9)33)1-37-43(35,45)42-12-6(2-38-44(36,46)41-11)40-18(8(12)22)32-4-26-10-14(32)28-20(24)30-16(10)34/h3-8,11-12,17-18H,1-2,21-22H2,(H,35,45)(H,36,46)(H3,23,27,29,33)(H3,24,28,30,34)/t5-,6-,7+,8+,11?,12?,17-,18-,43?,44?/m1/s1. The van der Waals surface area contributed by atoms with Crippen LogP contribution in [0.15, 0.2) is 22.2 Å². The molecule has 4 unspecified atom stereocenters. The highest BCUT2D eigenvalue weighted by molar-refractivity contribution is 8.44. The molecule has 0 amide bonds. The largest absolute Gasteiger partial charge is 0.386 e. The Balaban J connectivity index is 1.18. The highest BCUT2D eigenvalue weighted by Crippen LogP contribution is 2.58. The highest BCUT2D eigenvalue weighted by Gasteiger charge is 2.52. The number of nitrogens with two attached hydrogens (primary N) is 4. The van der Waals surface area contributed by atoms with E-state index in [1.54, 1.807) is 0 Å². The lowest BCUT2D eigenvalue weighted by Crippen LogP contribution is -2.43. The number of fused-ring (bicyclic) bond motifs is 4. The number of H-pyrrole nitrogens is 2. The summed E-state index contributed by atoms with van der Waals surface area (Å²) in [4.78, 5) is 56.7. The molecule has 7 rings (SSSR count). The Hall–Kier alpha value is -2.83. The number of ether oxygens (including phenoxy) is 2. The van der Waals surface area contributed by atoms with Gasteiger partial charge in [-0.15, -0.1) is 0 Å². The first-order chi connectivity index (χ1) is 21.7. The van der Waals surface area contributed by atoms with Crippen molar-refractivity contribution in [2.24, 2.45) is 11.5 Å². The van der Waals surface area contributed by atoms with Gasteiger partial charge in [0.1, 0.15) is 24.4 Å². The lowest BCUT2D eigenvalue weighted by Gasteiger charge is -2.30. The molecule has 3 fully saturated rings. The molecule has 0 bridgehead atoms. The number of nitrogens with zero attached hydrogens (tertiary/aromatic N) is 6. The summed E-state index contributed by atoms with van der Waals surface area (Å²) in [6.07, 6.45) is -4.32. The van der Waals surface area contributed by atoms with E-state index < -0.39 is 86.8 Å². The second-order valence-electron chi connectivity index (χ2n) is 10.5. The van der Waals surface area contributed by atoms with Crippen LogP contribution in [-0.4, -0.2) is 93.6 Å². The van der Waals surface area contributed by atoms with Gasteiger partial charge in [-0.05, 0) is 11.8 Å². The number of hydrogen-bond donors (Lipinski definition) is 8. The molecular weight excluding hydrogens is 694 g/mol. The molecule has 4 aromatic heterocycles. The second-order valence-corrected chi connectivity index (χ2v) is 16.2. The monoisotopic (exact) mass is 720 g/mol. The summed E-state index contributed by atoms with van der Waals surface area (Å²) >= 11 is 9.42. The normalized spacial score (nSPS) is 37.1. The van der Waals surface area contributed by atoms with E-state index in [4.69, 9.17) is 62.3 Å². The maximum absolute atomic E-state index is 13.5. The van der Waals surface area contributed by atoms with Crippen molar-refractivity contribution < 1.29 is 37.0 Å². The van der Waals surface area contributed by atoms with Crippen LogP contribution in [0.5, 0.6) is 0 Å². The molecule has 0 aliphatic carbocycles. The van der Waals surface area contributed by atoms with Crippen molar-refractivity contribution in [2.75, 3.05) is 24.7 Å². The van der Waals surface area contributed by atoms with Gasteiger partial charge in [0.25, 0.3) is 11.1 Å². The summed E-state index contributed by atoms with van der Waals surface area (Å²) in [5.41, 5.74) is 23.3. The highest BCUT2D eigenvalue weighted by atomic mass is 32.7. The Morgan fingerprint density at radius 3 is 1.83 bits per heavy atom. The number of rotatable bonds is 2. The first-order valence-electron chi connectivity index (χ1n) is 13.3. The number of thiol groups is 1. The predicted octanol–water partition coefficient (Wildman–Crippen LogP) is -2.06. The Morgan fingerprint density at radius 1 is 0.870 bits per heavy atom. The summed E-state index contributed by atoms with van der Waals surface area (Å²) in [7, 11) is 0. The van der Waals surface area contributed by atoms with E-state index in [-0.39, 0.29) is 34.2 Å². The van der Waals surface area contributed by atoms with E-state index in [0.29, 0.717) is 0 Å². The Kier molecular flexibility index (Phi) is 7.87. The van der Waals surface area contributed by atoms with Crippen LogP contribution in [0.2, 0.25) is 0 Å². The van der Waals surface area contributed by atoms with Crippen LogP contribution in [-0.2, 0) is 43.9 Å². The van der Waals surface area contributed by atoms with Gasteiger partial charge in [0.2, 0.25) is 11.9 Å². The fraction of sp³-hybridized carbons (Fsp3) is 0.500. The van der Waals surface area contributed by atoms with Gasteiger partial charge >= 0.3 is 13.5 Å². The van der Waals surface area contributed by atoms with Crippen LogP contribution < -0.4 is 34.1 Å². The van der Waals surface area contributed by atoms with Crippen LogP contribution in [0, 0.1) is 0 Å². The maximum Gasteiger partial charge on any atom is 0.386 e. The van der Waals surface area contributed by atoms with Gasteiger partial charge < -0.3 is 46.3 Å². The number of anilines is 2.